The van der Waals surface area contributed by atoms with E-state index in [0.717, 1.165) is 16.7 Å². The second kappa shape index (κ2) is 23.5. The van der Waals surface area contributed by atoms with Gasteiger partial charge >= 0.3 is 18.2 Å². The van der Waals surface area contributed by atoms with E-state index in [1.165, 1.54) is 40.6 Å². The minimum absolute atomic E-state index is 0.0135. The lowest BCUT2D eigenvalue weighted by Crippen LogP contribution is -2.63. The number of hydrogen-bond acceptors (Lipinski definition) is 16. The Bertz CT molecular complexity index is 2480. The molecule has 4 bridgehead atoms. The number of thioether (sulfide) groups is 1. The minimum atomic E-state index is -1.78. The molecule has 2 N–H and O–H groups in total. The van der Waals surface area contributed by atoms with Crippen LogP contribution >= 0.6 is 11.8 Å². The first-order valence-corrected chi connectivity index (χ1v) is 26.8. The van der Waals surface area contributed by atoms with Crippen molar-refractivity contribution in [2.45, 2.75) is 141 Å². The van der Waals surface area contributed by atoms with Crippen LogP contribution in [0, 0.1) is 30.1 Å². The van der Waals surface area contributed by atoms with Gasteiger partial charge in [-0.1, -0.05) is 37.6 Å². The van der Waals surface area contributed by atoms with E-state index in [1.807, 2.05) is 45.9 Å². The van der Waals surface area contributed by atoms with E-state index in [4.69, 9.17) is 23.8 Å². The van der Waals surface area contributed by atoms with Gasteiger partial charge in [-0.2, -0.15) is 0 Å². The van der Waals surface area contributed by atoms with Gasteiger partial charge in [-0.3, -0.25) is 39.0 Å². The number of methoxy groups -OCH3 is 2. The molecule has 0 spiro atoms. The van der Waals surface area contributed by atoms with E-state index in [2.05, 4.69) is 5.32 Å². The number of benzene rings is 1. The number of amides is 8. The lowest BCUT2D eigenvalue weighted by Gasteiger charge is -2.42. The number of fused-ring (bicyclic) bond motifs is 5. The van der Waals surface area contributed by atoms with Gasteiger partial charge in [-0.25, -0.2) is 14.4 Å². The smallest absolute Gasteiger partial charge is 0.434 e. The van der Waals surface area contributed by atoms with Gasteiger partial charge in [0.15, 0.2) is 5.72 Å². The summed E-state index contributed by atoms with van der Waals surface area (Å²) >= 11 is 1.19. The number of carbonyl (C=O) groups is 9. The molecule has 1 saturated carbocycles. The maximum atomic E-state index is 14.5. The van der Waals surface area contributed by atoms with Crippen LogP contribution in [-0.4, -0.2) is 167 Å². The van der Waals surface area contributed by atoms with Crippen molar-refractivity contribution in [2.75, 3.05) is 58.6 Å². The number of ether oxygens (including phenoxy) is 4. The number of nitrogens with zero attached hydrogens (tertiary/aromatic N) is 5. The number of allylic oxidation sites excluding steroid dienone is 3. The topological polar surface area (TPSA) is 248 Å². The first-order valence-electron chi connectivity index (χ1n) is 25.7. The number of likely N-dealkylation sites (N-methyl/N-ethyl adjacent to an activating group) is 1. The van der Waals surface area contributed by atoms with Gasteiger partial charge < -0.3 is 43.6 Å². The Hall–Kier alpha value is -6.00. The molecule has 6 aliphatic rings. The number of piperidine rings is 1. The van der Waals surface area contributed by atoms with Crippen molar-refractivity contribution in [1.82, 2.24) is 25.1 Å². The first kappa shape index (κ1) is 56.7. The maximum Gasteiger partial charge on any atom is 0.434 e. The Kier molecular flexibility index (Phi) is 17.8. The minimum Gasteiger partial charge on any atom is -0.496 e. The summed E-state index contributed by atoms with van der Waals surface area (Å²) in [5, 5.41) is 14.2. The highest BCUT2D eigenvalue weighted by Gasteiger charge is 2.59. The van der Waals surface area contributed by atoms with E-state index in [0.29, 0.717) is 48.6 Å². The SMILES string of the molecule is COc1cc2cc(c1C)N(C)C(=O)C[C@H](OC(=O)[C@H](C)N(C)C(=O)CCSC1CC(=O)N(CC3CCN(C(=O)ON4C(=O)CCC4=O)CC3)C1=O)[C@@]1(C)CC1CC(C)C1C[C@@](O)(NC(=O)O1)[C@H](OC)/C=C/C=C(\C)C2. The highest BCUT2D eigenvalue weighted by molar-refractivity contribution is 8.00. The van der Waals surface area contributed by atoms with Crippen molar-refractivity contribution in [3.63, 3.8) is 0 Å². The van der Waals surface area contributed by atoms with Crippen molar-refractivity contribution in [3.05, 3.63) is 47.1 Å². The maximum absolute atomic E-state index is 14.5. The number of aliphatic hydroxyl groups is 1. The molecule has 75 heavy (non-hydrogen) atoms. The predicted octanol–water partition coefficient (Wildman–Crippen LogP) is 4.59. The second-order valence-electron chi connectivity index (χ2n) is 21.3. The number of hydrogen-bond donors (Lipinski definition) is 2. The molecule has 4 saturated heterocycles. The van der Waals surface area contributed by atoms with Crippen LogP contribution in [0.5, 0.6) is 5.75 Å². The van der Waals surface area contributed by atoms with Crippen LogP contribution in [0.3, 0.4) is 0 Å². The lowest BCUT2D eigenvalue weighted by atomic mass is 9.85. The highest BCUT2D eigenvalue weighted by atomic mass is 32.2. The van der Waals surface area contributed by atoms with Crippen LogP contribution < -0.4 is 15.0 Å². The number of carbonyl (C=O) groups excluding carboxylic acids is 9. The summed E-state index contributed by atoms with van der Waals surface area (Å²) in [5.41, 5.74) is 0.713. The fourth-order valence-electron chi connectivity index (χ4n) is 10.8. The fraction of sp³-hybridized carbons (Fsp3) is 0.642. The van der Waals surface area contributed by atoms with E-state index in [-0.39, 0.29) is 99.4 Å². The van der Waals surface area contributed by atoms with Crippen LogP contribution in [0.4, 0.5) is 15.3 Å². The largest absolute Gasteiger partial charge is 0.496 e. The normalized spacial score (nSPS) is 30.4. The molecular weight excluding hydrogens is 993 g/mol. The highest BCUT2D eigenvalue weighted by Crippen LogP contribution is 2.60. The fourth-order valence-corrected chi connectivity index (χ4v) is 11.9. The van der Waals surface area contributed by atoms with Gasteiger partial charge in [0.25, 0.3) is 11.8 Å². The van der Waals surface area contributed by atoms with Gasteiger partial charge in [0, 0.05) is 89.7 Å². The summed E-state index contributed by atoms with van der Waals surface area (Å²) in [6.07, 6.45) is 3.53. The molecule has 7 rings (SSSR count). The standard InChI is InChI=1S/C53H72N6O15S/c1-30-11-10-12-41(71-9)53(69)28-39(72-50(67)54-53)31(2)22-36-27-52(36,5)42(26-46(63)56(7)37-23-35(21-30)24-38(70-8)32(37)3)73-49(66)33(4)55(6)43(60)17-20-75-40-25-47(64)58(48(40)65)29-34-15-18-57(19-16-34)51(68)74-59-44(61)13-14-45(59)62/h10-12,23-24,31,33-34,36,39-42,69H,13-22,25-29H2,1-9H3,(H,54,67)/b12-10+,30-11+/t31?,33-,36?,39?,40?,41+,42-,52-,53-/m0/s1. The molecule has 4 unspecified atom stereocenters. The number of anilines is 1. The Morgan fingerprint density at radius 1 is 0.987 bits per heavy atom. The van der Waals surface area contributed by atoms with Gasteiger partial charge in [0.1, 0.15) is 30.1 Å². The molecule has 21 nitrogen and oxygen atoms in total. The molecule has 0 aromatic heterocycles. The lowest BCUT2D eigenvalue weighted by molar-refractivity contribution is -0.174. The molecule has 22 heteroatoms. The van der Waals surface area contributed by atoms with E-state index in [9.17, 15) is 48.3 Å². The molecule has 1 aromatic carbocycles. The summed E-state index contributed by atoms with van der Waals surface area (Å²) in [6, 6.07) is 2.78. The zero-order chi connectivity index (χ0) is 54.7. The third-order valence-corrected chi connectivity index (χ3v) is 17.3. The Labute approximate surface area is 441 Å². The van der Waals surface area contributed by atoms with Crippen LogP contribution in [0.15, 0.2) is 35.9 Å². The van der Waals surface area contributed by atoms with Gasteiger partial charge in [0.2, 0.25) is 23.6 Å². The van der Waals surface area contributed by atoms with Crippen LogP contribution in [0.25, 0.3) is 0 Å². The molecule has 8 amide bonds. The number of imide groups is 2. The Morgan fingerprint density at radius 3 is 2.35 bits per heavy atom. The molecule has 0 radical (unpaired) electrons. The molecule has 5 fully saturated rings. The molecule has 1 aliphatic carbocycles. The quantitative estimate of drug-likeness (QED) is 0.215. The summed E-state index contributed by atoms with van der Waals surface area (Å²) in [6.45, 7) is 9.95. The molecule has 5 heterocycles. The number of alkyl carbamates (subject to hydrolysis) is 1. The van der Waals surface area contributed by atoms with Crippen molar-refractivity contribution in [1.29, 1.82) is 0 Å². The summed E-state index contributed by atoms with van der Waals surface area (Å²) in [5.74, 6) is -2.87. The summed E-state index contributed by atoms with van der Waals surface area (Å²) in [4.78, 5) is 129. The van der Waals surface area contributed by atoms with E-state index >= 15 is 0 Å². The summed E-state index contributed by atoms with van der Waals surface area (Å²) in [7, 11) is 6.19. The van der Waals surface area contributed by atoms with Crippen LogP contribution in [-0.2, 0) is 59.0 Å². The van der Waals surface area contributed by atoms with E-state index < -0.39 is 76.6 Å². The zero-order valence-corrected chi connectivity index (χ0v) is 45.2. The average molecular weight is 1070 g/mol. The van der Waals surface area contributed by atoms with Crippen molar-refractivity contribution >= 4 is 71.0 Å². The Balaban J connectivity index is 0.980. The predicted molar refractivity (Wildman–Crippen MR) is 272 cm³/mol. The van der Waals surface area contributed by atoms with Crippen LogP contribution in [0.2, 0.25) is 0 Å². The van der Waals surface area contributed by atoms with Crippen molar-refractivity contribution in [2.24, 2.45) is 23.2 Å². The van der Waals surface area contributed by atoms with Crippen LogP contribution in [0.1, 0.15) is 103 Å². The third-order valence-electron chi connectivity index (χ3n) is 16.1. The molecule has 1 aromatic rings. The number of rotatable bonds is 12. The Morgan fingerprint density at radius 2 is 1.68 bits per heavy atom. The monoisotopic (exact) mass is 1060 g/mol. The van der Waals surface area contributed by atoms with Gasteiger partial charge in [0.05, 0.1) is 24.5 Å². The summed E-state index contributed by atoms with van der Waals surface area (Å²) < 4.78 is 23.5. The zero-order valence-electron chi connectivity index (χ0n) is 44.4. The molecule has 9 atom stereocenters. The first-order chi connectivity index (χ1) is 35.5. The molecule has 410 valence electrons. The number of nitrogens with one attached hydrogen (secondary N) is 1. The molecule has 5 aliphatic heterocycles. The average Bonchev–Trinajstić information content (AvgIpc) is 3.82. The van der Waals surface area contributed by atoms with Gasteiger partial charge in [-0.05, 0) is 88.3 Å². The number of hydroxylamine groups is 2. The number of esters is 1. The van der Waals surface area contributed by atoms with Crippen molar-refractivity contribution < 1.29 is 72.0 Å². The van der Waals surface area contributed by atoms with Gasteiger partial charge in [-0.15, -0.1) is 16.8 Å². The second-order valence-corrected chi connectivity index (χ2v) is 22.6. The van der Waals surface area contributed by atoms with E-state index in [1.54, 1.807) is 38.1 Å². The number of likely N-dealkylation sites (tertiary alicyclic amines) is 2. The molecular formula is C53H72N6O15S. The van der Waals surface area contributed by atoms with Crippen molar-refractivity contribution in [3.8, 4) is 5.75 Å². The third kappa shape index (κ3) is 12.8.